The Hall–Kier alpha value is -0.830. The van der Waals surface area contributed by atoms with Gasteiger partial charge in [-0.1, -0.05) is 39.5 Å². The number of aromatic nitrogens is 2. The molecule has 0 saturated heterocycles. The third-order valence-corrected chi connectivity index (χ3v) is 4.48. The molecule has 1 saturated carbocycles. The smallest absolute Gasteiger partial charge is 0.126 e. The number of hydrogen-bond acceptors (Lipinski definition) is 2. The molecule has 1 aromatic rings. The molecule has 1 fully saturated rings. The van der Waals surface area contributed by atoms with E-state index >= 15 is 0 Å². The van der Waals surface area contributed by atoms with Crippen LogP contribution in [0.3, 0.4) is 0 Å². The Morgan fingerprint density at radius 3 is 2.60 bits per heavy atom. The molecule has 114 valence electrons. The van der Waals surface area contributed by atoms with Gasteiger partial charge in [-0.3, -0.25) is 0 Å². The van der Waals surface area contributed by atoms with E-state index in [0.29, 0.717) is 6.04 Å². The van der Waals surface area contributed by atoms with E-state index in [9.17, 15) is 0 Å². The van der Waals surface area contributed by atoms with Crippen molar-refractivity contribution in [1.29, 1.82) is 0 Å². The first-order valence-electron chi connectivity index (χ1n) is 8.61. The summed E-state index contributed by atoms with van der Waals surface area (Å²) < 4.78 is 2.36. The normalized spacial score (nSPS) is 18.9. The SMILES string of the molecule is CCCNC(c1nccn1CCC)C1CCCCCC1. The van der Waals surface area contributed by atoms with Gasteiger partial charge in [0.2, 0.25) is 0 Å². The lowest BCUT2D eigenvalue weighted by Crippen LogP contribution is -2.31. The van der Waals surface area contributed by atoms with Crippen LogP contribution in [0, 0.1) is 5.92 Å². The number of rotatable bonds is 7. The minimum absolute atomic E-state index is 0.453. The van der Waals surface area contributed by atoms with Gasteiger partial charge < -0.3 is 9.88 Å². The summed E-state index contributed by atoms with van der Waals surface area (Å²) in [7, 11) is 0. The highest BCUT2D eigenvalue weighted by Gasteiger charge is 2.26. The van der Waals surface area contributed by atoms with Crippen molar-refractivity contribution in [2.24, 2.45) is 5.92 Å². The number of nitrogens with one attached hydrogen (secondary N) is 1. The molecule has 2 rings (SSSR count). The van der Waals surface area contributed by atoms with E-state index in [1.807, 2.05) is 6.20 Å². The van der Waals surface area contributed by atoms with E-state index in [1.54, 1.807) is 0 Å². The van der Waals surface area contributed by atoms with Crippen LogP contribution in [0.4, 0.5) is 0 Å². The first kappa shape index (κ1) is 15.6. The van der Waals surface area contributed by atoms with Crippen LogP contribution in [-0.4, -0.2) is 16.1 Å². The van der Waals surface area contributed by atoms with Crippen LogP contribution in [-0.2, 0) is 6.54 Å². The van der Waals surface area contributed by atoms with Gasteiger partial charge in [0.25, 0.3) is 0 Å². The lowest BCUT2D eigenvalue weighted by molar-refractivity contribution is 0.306. The van der Waals surface area contributed by atoms with Gasteiger partial charge in [-0.05, 0) is 38.1 Å². The predicted octanol–water partition coefficient (Wildman–Crippen LogP) is 4.30. The monoisotopic (exact) mass is 277 g/mol. The first-order valence-corrected chi connectivity index (χ1v) is 8.61. The second-order valence-electron chi connectivity index (χ2n) is 6.16. The minimum Gasteiger partial charge on any atom is -0.334 e. The third-order valence-electron chi connectivity index (χ3n) is 4.48. The highest BCUT2D eigenvalue weighted by Crippen LogP contribution is 2.33. The summed E-state index contributed by atoms with van der Waals surface area (Å²) in [6.07, 6.45) is 14.8. The number of imidazole rings is 1. The Bertz CT molecular complexity index is 364. The van der Waals surface area contributed by atoms with Crippen LogP contribution >= 0.6 is 0 Å². The molecule has 0 aliphatic heterocycles. The lowest BCUT2D eigenvalue weighted by atomic mass is 9.91. The fourth-order valence-corrected chi connectivity index (χ4v) is 3.44. The summed E-state index contributed by atoms with van der Waals surface area (Å²) in [4.78, 5) is 4.69. The maximum absolute atomic E-state index is 4.69. The van der Waals surface area contributed by atoms with Crippen molar-refractivity contribution in [3.8, 4) is 0 Å². The van der Waals surface area contributed by atoms with Crippen LogP contribution < -0.4 is 5.32 Å². The van der Waals surface area contributed by atoms with Crippen molar-refractivity contribution >= 4 is 0 Å². The molecule has 1 N–H and O–H groups in total. The summed E-state index contributed by atoms with van der Waals surface area (Å²) in [6.45, 7) is 6.67. The average molecular weight is 277 g/mol. The molecule has 1 aromatic heterocycles. The minimum atomic E-state index is 0.453. The Labute approximate surface area is 124 Å². The van der Waals surface area contributed by atoms with Crippen LogP contribution in [0.15, 0.2) is 12.4 Å². The number of aryl methyl sites for hydroxylation is 1. The molecule has 0 bridgehead atoms. The van der Waals surface area contributed by atoms with Gasteiger partial charge in [0.05, 0.1) is 6.04 Å². The van der Waals surface area contributed by atoms with Gasteiger partial charge in [0, 0.05) is 18.9 Å². The molecule has 3 heteroatoms. The number of hydrogen-bond donors (Lipinski definition) is 1. The zero-order valence-electron chi connectivity index (χ0n) is 13.3. The topological polar surface area (TPSA) is 29.9 Å². The first-order chi connectivity index (χ1) is 9.86. The lowest BCUT2D eigenvalue weighted by Gasteiger charge is -2.27. The highest BCUT2D eigenvalue weighted by molar-refractivity contribution is 5.02. The zero-order valence-corrected chi connectivity index (χ0v) is 13.3. The van der Waals surface area contributed by atoms with Crippen LogP contribution in [0.5, 0.6) is 0 Å². The molecular weight excluding hydrogens is 246 g/mol. The second-order valence-corrected chi connectivity index (χ2v) is 6.16. The third kappa shape index (κ3) is 4.08. The highest BCUT2D eigenvalue weighted by atomic mass is 15.1. The van der Waals surface area contributed by atoms with Crippen molar-refractivity contribution in [3.05, 3.63) is 18.2 Å². The molecular formula is C17H31N3. The zero-order chi connectivity index (χ0) is 14.2. The molecule has 0 radical (unpaired) electrons. The van der Waals surface area contributed by atoms with Crippen molar-refractivity contribution in [2.75, 3.05) is 6.54 Å². The molecule has 3 nitrogen and oxygen atoms in total. The standard InChI is InChI=1S/C17H31N3/c1-3-11-18-16(15-9-7-5-6-8-10-15)17-19-12-14-20(17)13-4-2/h12,14-16,18H,3-11,13H2,1-2H3. The molecule has 0 aromatic carbocycles. The molecule has 1 unspecified atom stereocenters. The molecule has 0 spiro atoms. The fourth-order valence-electron chi connectivity index (χ4n) is 3.44. The molecule has 0 amide bonds. The van der Waals surface area contributed by atoms with E-state index in [2.05, 4.69) is 29.9 Å². The molecule has 1 atom stereocenters. The van der Waals surface area contributed by atoms with Crippen molar-refractivity contribution in [1.82, 2.24) is 14.9 Å². The second kappa shape index (κ2) is 8.46. The van der Waals surface area contributed by atoms with Gasteiger partial charge in [-0.2, -0.15) is 0 Å². The van der Waals surface area contributed by atoms with E-state index in [4.69, 9.17) is 4.98 Å². The van der Waals surface area contributed by atoms with Gasteiger partial charge in [0.15, 0.2) is 0 Å². The van der Waals surface area contributed by atoms with Gasteiger partial charge >= 0.3 is 0 Å². The van der Waals surface area contributed by atoms with E-state index in [1.165, 1.54) is 57.2 Å². The summed E-state index contributed by atoms with van der Waals surface area (Å²) in [5.74, 6) is 2.04. The van der Waals surface area contributed by atoms with E-state index < -0.39 is 0 Å². The van der Waals surface area contributed by atoms with Crippen LogP contribution in [0.1, 0.15) is 77.1 Å². The maximum Gasteiger partial charge on any atom is 0.126 e. The van der Waals surface area contributed by atoms with E-state index in [-0.39, 0.29) is 0 Å². The largest absolute Gasteiger partial charge is 0.334 e. The Balaban J connectivity index is 2.14. The molecule has 1 aliphatic rings. The fraction of sp³-hybridized carbons (Fsp3) is 0.824. The van der Waals surface area contributed by atoms with E-state index in [0.717, 1.165) is 19.0 Å². The quantitative estimate of drug-likeness (QED) is 0.753. The molecule has 1 heterocycles. The Morgan fingerprint density at radius 2 is 1.95 bits per heavy atom. The van der Waals surface area contributed by atoms with Gasteiger partial charge in [-0.15, -0.1) is 0 Å². The molecule has 20 heavy (non-hydrogen) atoms. The molecule has 1 aliphatic carbocycles. The summed E-state index contributed by atoms with van der Waals surface area (Å²) in [6, 6.07) is 0.453. The summed E-state index contributed by atoms with van der Waals surface area (Å²) >= 11 is 0. The predicted molar refractivity (Wildman–Crippen MR) is 84.7 cm³/mol. The maximum atomic E-state index is 4.69. The Kier molecular flexibility index (Phi) is 6.58. The van der Waals surface area contributed by atoms with Gasteiger partial charge in [0.1, 0.15) is 5.82 Å². The van der Waals surface area contributed by atoms with Gasteiger partial charge in [-0.25, -0.2) is 4.98 Å². The average Bonchev–Trinajstić information content (AvgIpc) is 2.75. The number of nitrogens with zero attached hydrogens (tertiary/aromatic N) is 2. The Morgan fingerprint density at radius 1 is 1.20 bits per heavy atom. The van der Waals surface area contributed by atoms with Crippen LogP contribution in [0.2, 0.25) is 0 Å². The summed E-state index contributed by atoms with van der Waals surface area (Å²) in [5, 5.41) is 3.78. The summed E-state index contributed by atoms with van der Waals surface area (Å²) in [5.41, 5.74) is 0. The van der Waals surface area contributed by atoms with Crippen molar-refractivity contribution in [3.63, 3.8) is 0 Å². The van der Waals surface area contributed by atoms with Crippen molar-refractivity contribution < 1.29 is 0 Å². The van der Waals surface area contributed by atoms with Crippen LogP contribution in [0.25, 0.3) is 0 Å². The van der Waals surface area contributed by atoms with Crippen molar-refractivity contribution in [2.45, 2.75) is 77.8 Å².